The Kier molecular flexibility index (Phi) is 4.86. The Balaban J connectivity index is 2.90. The van der Waals surface area contributed by atoms with Gasteiger partial charge in [0.25, 0.3) is 0 Å². The van der Waals surface area contributed by atoms with Crippen LogP contribution in [0.3, 0.4) is 0 Å². The van der Waals surface area contributed by atoms with E-state index in [0.29, 0.717) is 16.5 Å². The second-order valence-corrected chi connectivity index (χ2v) is 7.44. The molecule has 0 radical (unpaired) electrons. The van der Waals surface area contributed by atoms with E-state index in [9.17, 15) is 8.60 Å². The van der Waals surface area contributed by atoms with Gasteiger partial charge in [0.1, 0.15) is 5.82 Å². The summed E-state index contributed by atoms with van der Waals surface area (Å²) in [5.41, 5.74) is 0.631. The van der Waals surface area contributed by atoms with Crippen LogP contribution >= 0.6 is 15.9 Å². The van der Waals surface area contributed by atoms with Gasteiger partial charge in [0.2, 0.25) is 0 Å². The van der Waals surface area contributed by atoms with Gasteiger partial charge >= 0.3 is 0 Å². The molecule has 1 rings (SSSR count). The van der Waals surface area contributed by atoms with Crippen molar-refractivity contribution in [2.24, 2.45) is 5.14 Å². The van der Waals surface area contributed by atoms with Crippen molar-refractivity contribution in [1.29, 1.82) is 0 Å². The topological polar surface area (TPSA) is 43.1 Å². The van der Waals surface area contributed by atoms with Gasteiger partial charge in [0, 0.05) is 4.47 Å². The van der Waals surface area contributed by atoms with Crippen LogP contribution < -0.4 is 5.14 Å². The number of benzene rings is 1. The molecular weight excluding hydrogens is 305 g/mol. The normalized spacial score (nSPS) is 15.6. The monoisotopic (exact) mass is 321 g/mol. The molecule has 0 bridgehead atoms. The van der Waals surface area contributed by atoms with Crippen molar-refractivity contribution in [3.05, 3.63) is 34.1 Å². The van der Waals surface area contributed by atoms with Gasteiger partial charge < -0.3 is 0 Å². The largest absolute Gasteiger partial charge is 0.251 e. The van der Waals surface area contributed by atoms with E-state index < -0.39 is 15.7 Å². The molecule has 0 aliphatic carbocycles. The highest BCUT2D eigenvalue weighted by molar-refractivity contribution is 9.10. The Hall–Kier alpha value is -0.260. The average molecular weight is 322 g/mol. The van der Waals surface area contributed by atoms with Gasteiger partial charge in [-0.2, -0.15) is 0 Å². The molecule has 0 aliphatic rings. The highest BCUT2D eigenvalue weighted by Crippen LogP contribution is 2.30. The lowest BCUT2D eigenvalue weighted by Gasteiger charge is -2.25. The number of nitrogens with two attached hydrogens (primary N) is 1. The standard InChI is InChI=1S/C12H17BrFNOS/c1-8(7-12(2,3)17(15)16)10-5-4-9(13)6-11(10)14/h4-6,8H,7,15H2,1-3H3/t8-,17?/m0/s1. The molecule has 0 fully saturated rings. The summed E-state index contributed by atoms with van der Waals surface area (Å²) < 4.78 is 25.3. The Morgan fingerprint density at radius 1 is 1.53 bits per heavy atom. The lowest BCUT2D eigenvalue weighted by Crippen LogP contribution is -2.33. The number of halogens is 2. The zero-order chi connectivity index (χ0) is 13.2. The minimum absolute atomic E-state index is 0.0226. The van der Waals surface area contributed by atoms with Crippen molar-refractivity contribution in [3.8, 4) is 0 Å². The fourth-order valence-electron chi connectivity index (χ4n) is 1.83. The van der Waals surface area contributed by atoms with Crippen molar-refractivity contribution in [2.45, 2.75) is 37.9 Å². The lowest BCUT2D eigenvalue weighted by molar-refractivity contribution is 0.516. The van der Waals surface area contributed by atoms with Crippen LogP contribution in [0.5, 0.6) is 0 Å². The van der Waals surface area contributed by atoms with E-state index in [1.807, 2.05) is 20.8 Å². The summed E-state index contributed by atoms with van der Waals surface area (Å²) in [7, 11) is -1.41. The van der Waals surface area contributed by atoms with Crippen LogP contribution in [0.4, 0.5) is 4.39 Å². The van der Waals surface area contributed by atoms with Crippen molar-refractivity contribution in [2.75, 3.05) is 0 Å². The molecule has 0 saturated heterocycles. The first-order valence-corrected chi connectivity index (χ1v) is 7.36. The lowest BCUT2D eigenvalue weighted by atomic mass is 9.91. The molecule has 17 heavy (non-hydrogen) atoms. The first-order chi connectivity index (χ1) is 7.74. The highest BCUT2D eigenvalue weighted by atomic mass is 79.9. The number of hydrogen-bond acceptors (Lipinski definition) is 1. The van der Waals surface area contributed by atoms with Gasteiger partial charge in [0.05, 0.1) is 15.7 Å². The van der Waals surface area contributed by atoms with Crippen molar-refractivity contribution in [3.63, 3.8) is 0 Å². The highest BCUT2D eigenvalue weighted by Gasteiger charge is 2.27. The minimum atomic E-state index is -1.41. The molecule has 1 aromatic rings. The van der Waals surface area contributed by atoms with Crippen molar-refractivity contribution >= 4 is 26.9 Å². The van der Waals surface area contributed by atoms with Crippen LogP contribution in [0.2, 0.25) is 0 Å². The first-order valence-electron chi connectivity index (χ1n) is 5.35. The zero-order valence-corrected chi connectivity index (χ0v) is 12.6. The van der Waals surface area contributed by atoms with Crippen LogP contribution in [-0.2, 0) is 11.0 Å². The van der Waals surface area contributed by atoms with E-state index in [4.69, 9.17) is 5.14 Å². The summed E-state index contributed by atoms with van der Waals surface area (Å²) in [5, 5.41) is 5.43. The molecule has 0 spiro atoms. The molecule has 2 atom stereocenters. The summed E-state index contributed by atoms with van der Waals surface area (Å²) in [4.78, 5) is 0. The van der Waals surface area contributed by atoms with E-state index >= 15 is 0 Å². The van der Waals surface area contributed by atoms with E-state index in [0.717, 1.165) is 0 Å². The number of hydrogen-bond donors (Lipinski definition) is 1. The van der Waals surface area contributed by atoms with Gasteiger partial charge in [-0.1, -0.05) is 28.9 Å². The fraction of sp³-hybridized carbons (Fsp3) is 0.500. The molecule has 96 valence electrons. The molecule has 0 saturated carbocycles. The van der Waals surface area contributed by atoms with E-state index in [-0.39, 0.29) is 11.7 Å². The summed E-state index contributed by atoms with van der Waals surface area (Å²) >= 11 is 3.22. The maximum atomic E-state index is 13.7. The van der Waals surface area contributed by atoms with E-state index in [2.05, 4.69) is 15.9 Å². The smallest absolute Gasteiger partial charge is 0.127 e. The molecule has 5 heteroatoms. The van der Waals surface area contributed by atoms with Crippen LogP contribution in [0, 0.1) is 5.82 Å². The molecule has 0 aliphatic heterocycles. The summed E-state index contributed by atoms with van der Waals surface area (Å²) in [6, 6.07) is 5.00. The van der Waals surface area contributed by atoms with Crippen LogP contribution in [0.25, 0.3) is 0 Å². The second-order valence-electron chi connectivity index (χ2n) is 4.83. The molecule has 0 amide bonds. The zero-order valence-electron chi connectivity index (χ0n) is 10.2. The van der Waals surface area contributed by atoms with Gasteiger partial charge in [-0.3, -0.25) is 5.14 Å². The van der Waals surface area contributed by atoms with Gasteiger partial charge in [0.15, 0.2) is 0 Å². The summed E-state index contributed by atoms with van der Waals surface area (Å²) in [6.45, 7) is 5.58. The third-order valence-electron chi connectivity index (χ3n) is 2.84. The van der Waals surface area contributed by atoms with Crippen molar-refractivity contribution in [1.82, 2.24) is 0 Å². The van der Waals surface area contributed by atoms with Crippen LogP contribution in [-0.4, -0.2) is 8.96 Å². The molecule has 0 heterocycles. The van der Waals surface area contributed by atoms with Crippen LogP contribution in [0.1, 0.15) is 38.7 Å². The Morgan fingerprint density at radius 3 is 2.59 bits per heavy atom. The summed E-state index contributed by atoms with van der Waals surface area (Å²) in [5.74, 6) is -0.268. The quantitative estimate of drug-likeness (QED) is 0.906. The molecule has 1 unspecified atom stereocenters. The third kappa shape index (κ3) is 3.86. The molecule has 0 aromatic heterocycles. The molecule has 2 nitrogen and oxygen atoms in total. The van der Waals surface area contributed by atoms with Crippen LogP contribution in [0.15, 0.2) is 22.7 Å². The van der Waals surface area contributed by atoms with Gasteiger partial charge in [-0.25, -0.2) is 8.60 Å². The Morgan fingerprint density at radius 2 is 2.12 bits per heavy atom. The Bertz CT molecular complexity index is 437. The maximum Gasteiger partial charge on any atom is 0.127 e. The first kappa shape index (κ1) is 14.8. The maximum absolute atomic E-state index is 13.7. The van der Waals surface area contributed by atoms with Gasteiger partial charge in [-0.05, 0) is 43.9 Å². The predicted molar refractivity (Wildman–Crippen MR) is 73.5 cm³/mol. The number of rotatable bonds is 4. The summed E-state index contributed by atoms with van der Waals surface area (Å²) in [6.07, 6.45) is 0.578. The SMILES string of the molecule is C[C@@H](CC(C)(C)S(N)=O)c1ccc(Br)cc1F. The second kappa shape index (κ2) is 5.59. The fourth-order valence-corrected chi connectivity index (χ4v) is 2.58. The predicted octanol–water partition coefficient (Wildman–Crippen LogP) is 3.48. The van der Waals surface area contributed by atoms with E-state index in [1.165, 1.54) is 6.07 Å². The Labute approximate surface area is 113 Å². The third-order valence-corrected chi connectivity index (χ3v) is 4.58. The average Bonchev–Trinajstić information content (AvgIpc) is 2.15. The molecule has 1 aromatic carbocycles. The van der Waals surface area contributed by atoms with Gasteiger partial charge in [-0.15, -0.1) is 0 Å². The molecule has 2 N–H and O–H groups in total. The van der Waals surface area contributed by atoms with Crippen molar-refractivity contribution < 1.29 is 8.60 Å². The minimum Gasteiger partial charge on any atom is -0.251 e. The molecular formula is C12H17BrFNOS. The van der Waals surface area contributed by atoms with E-state index in [1.54, 1.807) is 12.1 Å².